The van der Waals surface area contributed by atoms with Gasteiger partial charge < -0.3 is 10.1 Å². The SMILES string of the molecule is CCCCCOC(=O)C1=C(C)Nc2nnnn2[C@H]1c1ccc(Cl)cc1Cl. The zero-order chi connectivity index (χ0) is 18.7. The summed E-state index contributed by atoms with van der Waals surface area (Å²) in [7, 11) is 0. The van der Waals surface area contributed by atoms with Crippen LogP contribution in [0.4, 0.5) is 5.95 Å². The van der Waals surface area contributed by atoms with Crippen molar-refractivity contribution in [2.45, 2.75) is 39.2 Å². The van der Waals surface area contributed by atoms with Crippen LogP contribution >= 0.6 is 23.2 Å². The van der Waals surface area contributed by atoms with Crippen LogP contribution in [0.5, 0.6) is 0 Å². The van der Waals surface area contributed by atoms with Gasteiger partial charge in [-0.05, 0) is 35.9 Å². The number of aromatic nitrogens is 4. The maximum absolute atomic E-state index is 12.8. The number of fused-ring (bicyclic) bond motifs is 1. The van der Waals surface area contributed by atoms with Gasteiger partial charge in [0.15, 0.2) is 0 Å². The molecule has 0 fully saturated rings. The molecule has 0 radical (unpaired) electrons. The van der Waals surface area contributed by atoms with Gasteiger partial charge in [-0.15, -0.1) is 0 Å². The van der Waals surface area contributed by atoms with Gasteiger partial charge in [-0.1, -0.05) is 54.1 Å². The van der Waals surface area contributed by atoms with E-state index in [2.05, 4.69) is 27.8 Å². The lowest BCUT2D eigenvalue weighted by molar-refractivity contribution is -0.139. The molecule has 0 saturated heterocycles. The summed E-state index contributed by atoms with van der Waals surface area (Å²) in [5.41, 5.74) is 1.72. The summed E-state index contributed by atoms with van der Waals surface area (Å²) in [5.74, 6) is 0.0179. The Morgan fingerprint density at radius 2 is 2.15 bits per heavy atom. The van der Waals surface area contributed by atoms with Gasteiger partial charge in [0.1, 0.15) is 6.04 Å². The molecular weight excluding hydrogens is 377 g/mol. The number of anilines is 1. The maximum Gasteiger partial charge on any atom is 0.338 e. The number of tetrazole rings is 1. The number of nitrogens with zero attached hydrogens (tertiary/aromatic N) is 4. The first-order valence-corrected chi connectivity index (χ1v) is 9.16. The van der Waals surface area contributed by atoms with E-state index < -0.39 is 12.0 Å². The maximum atomic E-state index is 12.8. The van der Waals surface area contributed by atoms with Crippen molar-refractivity contribution in [1.29, 1.82) is 0 Å². The molecule has 1 atom stereocenters. The second-order valence-corrected chi connectivity index (χ2v) is 6.87. The molecule has 138 valence electrons. The Bertz CT molecular complexity index is 849. The molecule has 2 aromatic rings. The Morgan fingerprint density at radius 1 is 1.35 bits per heavy atom. The molecule has 1 N–H and O–H groups in total. The molecule has 7 nitrogen and oxygen atoms in total. The first-order chi connectivity index (χ1) is 12.5. The van der Waals surface area contributed by atoms with Gasteiger partial charge in [-0.25, -0.2) is 4.79 Å². The van der Waals surface area contributed by atoms with Crippen molar-refractivity contribution in [2.24, 2.45) is 0 Å². The number of allylic oxidation sites excluding steroid dienone is 1. The summed E-state index contributed by atoms with van der Waals surface area (Å²) in [5, 5.41) is 15.6. The van der Waals surface area contributed by atoms with E-state index in [0.29, 0.717) is 39.4 Å². The van der Waals surface area contributed by atoms with Crippen molar-refractivity contribution >= 4 is 35.1 Å². The number of halogens is 2. The number of carbonyl (C=O) groups excluding carboxylic acids is 1. The second kappa shape index (κ2) is 8.05. The van der Waals surface area contributed by atoms with Crippen molar-refractivity contribution in [3.63, 3.8) is 0 Å². The number of unbranched alkanes of at least 4 members (excludes halogenated alkanes) is 2. The summed E-state index contributed by atoms with van der Waals surface area (Å²) in [6, 6.07) is 4.52. The number of nitrogens with one attached hydrogen (secondary N) is 1. The van der Waals surface area contributed by atoms with E-state index in [9.17, 15) is 4.79 Å². The molecule has 1 aromatic heterocycles. The predicted octanol–water partition coefficient (Wildman–Crippen LogP) is 4.00. The minimum atomic E-state index is -0.593. The molecule has 0 aliphatic carbocycles. The highest BCUT2D eigenvalue weighted by Gasteiger charge is 2.36. The van der Waals surface area contributed by atoms with Crippen LogP contribution in [0.25, 0.3) is 0 Å². The van der Waals surface area contributed by atoms with Crippen molar-refractivity contribution in [1.82, 2.24) is 20.2 Å². The number of rotatable bonds is 6. The lowest BCUT2D eigenvalue weighted by Gasteiger charge is -2.28. The molecule has 1 aliphatic rings. The first kappa shape index (κ1) is 18.7. The van der Waals surface area contributed by atoms with Crippen LogP contribution in [0.3, 0.4) is 0 Å². The minimum absolute atomic E-state index is 0.368. The zero-order valence-electron chi connectivity index (χ0n) is 14.5. The van der Waals surface area contributed by atoms with E-state index in [0.717, 1.165) is 19.3 Å². The highest BCUT2D eigenvalue weighted by molar-refractivity contribution is 6.35. The molecule has 1 aliphatic heterocycles. The van der Waals surface area contributed by atoms with E-state index in [1.165, 1.54) is 4.68 Å². The van der Waals surface area contributed by atoms with Gasteiger partial charge in [0.25, 0.3) is 0 Å². The molecule has 0 saturated carbocycles. The average molecular weight is 396 g/mol. The molecule has 2 heterocycles. The van der Waals surface area contributed by atoms with Gasteiger partial charge in [-0.2, -0.15) is 4.68 Å². The summed E-state index contributed by atoms with van der Waals surface area (Å²) in [6.45, 7) is 4.25. The summed E-state index contributed by atoms with van der Waals surface area (Å²) < 4.78 is 6.99. The number of ether oxygens (including phenoxy) is 1. The minimum Gasteiger partial charge on any atom is -0.462 e. The third-order valence-corrected chi connectivity index (χ3v) is 4.73. The average Bonchev–Trinajstić information content (AvgIpc) is 3.05. The molecular formula is C17H19Cl2N5O2. The van der Waals surface area contributed by atoms with Crippen molar-refractivity contribution in [3.05, 3.63) is 45.1 Å². The monoisotopic (exact) mass is 395 g/mol. The van der Waals surface area contributed by atoms with Gasteiger partial charge >= 0.3 is 5.97 Å². The van der Waals surface area contributed by atoms with Crippen molar-refractivity contribution in [3.8, 4) is 0 Å². The zero-order valence-corrected chi connectivity index (χ0v) is 16.0. The number of carbonyl (C=O) groups is 1. The normalized spacial score (nSPS) is 16.2. The smallest absolute Gasteiger partial charge is 0.338 e. The van der Waals surface area contributed by atoms with E-state index in [-0.39, 0.29) is 0 Å². The van der Waals surface area contributed by atoms with E-state index in [1.54, 1.807) is 25.1 Å². The third-order valence-electron chi connectivity index (χ3n) is 4.17. The molecule has 1 aromatic carbocycles. The predicted molar refractivity (Wildman–Crippen MR) is 99.2 cm³/mol. The fraction of sp³-hybridized carbons (Fsp3) is 0.412. The fourth-order valence-corrected chi connectivity index (χ4v) is 3.39. The Morgan fingerprint density at radius 3 is 2.88 bits per heavy atom. The molecule has 0 bridgehead atoms. The van der Waals surface area contributed by atoms with Gasteiger partial charge in [0.05, 0.1) is 12.2 Å². The molecule has 9 heteroatoms. The number of benzene rings is 1. The second-order valence-electron chi connectivity index (χ2n) is 6.02. The van der Waals surface area contributed by atoms with Crippen LogP contribution in [0, 0.1) is 0 Å². The fourth-order valence-electron chi connectivity index (χ4n) is 2.88. The summed E-state index contributed by atoms with van der Waals surface area (Å²) in [4.78, 5) is 12.8. The van der Waals surface area contributed by atoms with Crippen molar-refractivity contribution in [2.75, 3.05) is 11.9 Å². The van der Waals surface area contributed by atoms with E-state index in [1.807, 2.05) is 0 Å². The Hall–Kier alpha value is -2.12. The number of esters is 1. The van der Waals surface area contributed by atoms with E-state index >= 15 is 0 Å². The summed E-state index contributed by atoms with van der Waals surface area (Å²) >= 11 is 12.4. The van der Waals surface area contributed by atoms with Crippen LogP contribution in [0.1, 0.15) is 44.7 Å². The Balaban J connectivity index is 1.98. The molecule has 26 heavy (non-hydrogen) atoms. The van der Waals surface area contributed by atoms with Crippen molar-refractivity contribution < 1.29 is 9.53 Å². The largest absolute Gasteiger partial charge is 0.462 e. The van der Waals surface area contributed by atoms with Crippen LogP contribution in [-0.4, -0.2) is 32.8 Å². The van der Waals surface area contributed by atoms with Crippen LogP contribution < -0.4 is 5.32 Å². The van der Waals surface area contributed by atoms with Gasteiger partial charge in [0.2, 0.25) is 5.95 Å². The first-order valence-electron chi connectivity index (χ1n) is 8.40. The highest BCUT2D eigenvalue weighted by Crippen LogP contribution is 2.38. The quantitative estimate of drug-likeness (QED) is 0.587. The Kier molecular flexibility index (Phi) is 5.78. The number of hydrogen-bond acceptors (Lipinski definition) is 6. The standard InChI is InChI=1S/C17H19Cl2N5O2/c1-3-4-5-8-26-16(25)14-10(2)20-17-21-22-23-24(17)15(14)12-7-6-11(18)9-13(12)19/h6-7,9,15H,3-5,8H2,1-2H3,(H,20,21,23)/t15-/m0/s1. The van der Waals surface area contributed by atoms with Crippen LogP contribution in [0.15, 0.2) is 29.5 Å². The number of hydrogen-bond donors (Lipinski definition) is 1. The topological polar surface area (TPSA) is 81.9 Å². The molecule has 0 amide bonds. The van der Waals surface area contributed by atoms with Gasteiger partial charge in [-0.3, -0.25) is 0 Å². The van der Waals surface area contributed by atoms with Crippen LogP contribution in [-0.2, 0) is 9.53 Å². The lowest BCUT2D eigenvalue weighted by Crippen LogP contribution is -2.30. The lowest BCUT2D eigenvalue weighted by atomic mass is 9.95. The highest BCUT2D eigenvalue weighted by atomic mass is 35.5. The van der Waals surface area contributed by atoms with Crippen LogP contribution in [0.2, 0.25) is 10.0 Å². The Labute approximate surface area is 161 Å². The third kappa shape index (κ3) is 3.68. The summed E-state index contributed by atoms with van der Waals surface area (Å²) in [6.07, 6.45) is 2.88. The molecule has 0 unspecified atom stereocenters. The molecule has 0 spiro atoms. The van der Waals surface area contributed by atoms with Gasteiger partial charge in [0, 0.05) is 21.3 Å². The van der Waals surface area contributed by atoms with E-state index in [4.69, 9.17) is 27.9 Å². The molecule has 3 rings (SSSR count).